The number of fused-ring (bicyclic) bond motifs is 1. The zero-order valence-corrected chi connectivity index (χ0v) is 11.8. The van der Waals surface area contributed by atoms with Crippen molar-refractivity contribution in [2.75, 3.05) is 5.73 Å². The smallest absolute Gasteiger partial charge is 0.254 e. The number of nitrogens with zero attached hydrogens (tertiary/aromatic N) is 1. The maximum atomic E-state index is 12.7. The summed E-state index contributed by atoms with van der Waals surface area (Å²) in [7, 11) is 0. The molecule has 1 aliphatic rings. The van der Waals surface area contributed by atoms with E-state index in [0.717, 1.165) is 27.9 Å². The van der Waals surface area contributed by atoms with Crippen molar-refractivity contribution in [3.63, 3.8) is 0 Å². The molecule has 3 heteroatoms. The molecule has 3 rings (SSSR count). The highest BCUT2D eigenvalue weighted by molar-refractivity contribution is 5.97. The van der Waals surface area contributed by atoms with E-state index >= 15 is 0 Å². The number of anilines is 1. The number of nitrogen functional groups attached to an aromatic ring is 1. The molecular formula is C17H18N2O. The lowest BCUT2D eigenvalue weighted by atomic mass is 10.0. The van der Waals surface area contributed by atoms with Crippen LogP contribution in [0.4, 0.5) is 5.69 Å². The van der Waals surface area contributed by atoms with Crippen LogP contribution in [-0.4, -0.2) is 10.8 Å². The van der Waals surface area contributed by atoms with Crippen LogP contribution in [0.5, 0.6) is 0 Å². The number of carbonyl (C=O) groups excluding carboxylic acids is 1. The maximum absolute atomic E-state index is 12.7. The van der Waals surface area contributed by atoms with Gasteiger partial charge in [0, 0.05) is 24.3 Å². The highest BCUT2D eigenvalue weighted by Gasteiger charge is 2.26. The van der Waals surface area contributed by atoms with Gasteiger partial charge in [-0.2, -0.15) is 0 Å². The third-order valence-corrected chi connectivity index (χ3v) is 3.93. The minimum Gasteiger partial charge on any atom is -0.399 e. The van der Waals surface area contributed by atoms with Crippen molar-refractivity contribution >= 4 is 11.6 Å². The lowest BCUT2D eigenvalue weighted by molar-refractivity contribution is 0.0750. The van der Waals surface area contributed by atoms with Crippen LogP contribution < -0.4 is 5.73 Å². The molecule has 0 aromatic heterocycles. The molecule has 2 aromatic carbocycles. The van der Waals surface area contributed by atoms with Gasteiger partial charge in [0.2, 0.25) is 0 Å². The monoisotopic (exact) mass is 266 g/mol. The number of carbonyl (C=O) groups is 1. The summed E-state index contributed by atoms with van der Waals surface area (Å²) in [6.45, 7) is 5.29. The molecule has 0 saturated carbocycles. The molecule has 20 heavy (non-hydrogen) atoms. The van der Waals surface area contributed by atoms with E-state index in [1.165, 1.54) is 5.56 Å². The van der Waals surface area contributed by atoms with Gasteiger partial charge in [0.25, 0.3) is 5.91 Å². The summed E-state index contributed by atoms with van der Waals surface area (Å²) in [5.41, 5.74) is 11.8. The molecule has 0 unspecified atom stereocenters. The number of nitrogens with two attached hydrogens (primary N) is 1. The van der Waals surface area contributed by atoms with E-state index in [1.54, 1.807) is 0 Å². The SMILES string of the molecule is Cc1cccc(C)c1C(=O)N1Cc2ccc(N)cc2C1. The predicted octanol–water partition coefficient (Wildman–Crippen LogP) is 3.04. The van der Waals surface area contributed by atoms with Gasteiger partial charge in [0.05, 0.1) is 0 Å². The zero-order chi connectivity index (χ0) is 14.3. The van der Waals surface area contributed by atoms with E-state index in [-0.39, 0.29) is 5.91 Å². The lowest BCUT2D eigenvalue weighted by Gasteiger charge is -2.18. The van der Waals surface area contributed by atoms with Crippen LogP contribution in [-0.2, 0) is 13.1 Å². The highest BCUT2D eigenvalue weighted by Crippen LogP contribution is 2.27. The Bertz CT molecular complexity index is 671. The Hall–Kier alpha value is -2.29. The van der Waals surface area contributed by atoms with Crippen LogP contribution in [0, 0.1) is 13.8 Å². The summed E-state index contributed by atoms with van der Waals surface area (Å²) in [6.07, 6.45) is 0. The molecular weight excluding hydrogens is 248 g/mol. The topological polar surface area (TPSA) is 46.3 Å². The maximum Gasteiger partial charge on any atom is 0.254 e. The van der Waals surface area contributed by atoms with Crippen molar-refractivity contribution in [1.82, 2.24) is 4.90 Å². The van der Waals surface area contributed by atoms with Crippen molar-refractivity contribution in [3.8, 4) is 0 Å². The van der Waals surface area contributed by atoms with E-state index in [1.807, 2.05) is 55.1 Å². The molecule has 0 radical (unpaired) electrons. The number of aryl methyl sites for hydroxylation is 2. The van der Waals surface area contributed by atoms with Crippen LogP contribution >= 0.6 is 0 Å². The Morgan fingerprint density at radius 2 is 1.70 bits per heavy atom. The third kappa shape index (κ3) is 2.05. The Balaban J connectivity index is 1.91. The van der Waals surface area contributed by atoms with E-state index < -0.39 is 0 Å². The highest BCUT2D eigenvalue weighted by atomic mass is 16.2. The van der Waals surface area contributed by atoms with Gasteiger partial charge in [-0.05, 0) is 48.2 Å². The number of rotatable bonds is 1. The molecule has 1 heterocycles. The molecule has 1 amide bonds. The normalized spacial score (nSPS) is 13.4. The van der Waals surface area contributed by atoms with Crippen LogP contribution in [0.1, 0.15) is 32.6 Å². The molecule has 102 valence electrons. The quantitative estimate of drug-likeness (QED) is 0.806. The van der Waals surface area contributed by atoms with Gasteiger partial charge in [0.15, 0.2) is 0 Å². The summed E-state index contributed by atoms with van der Waals surface area (Å²) in [5, 5.41) is 0. The van der Waals surface area contributed by atoms with Crippen molar-refractivity contribution in [1.29, 1.82) is 0 Å². The van der Waals surface area contributed by atoms with Gasteiger partial charge in [-0.1, -0.05) is 24.3 Å². The second-order valence-corrected chi connectivity index (χ2v) is 5.46. The minimum absolute atomic E-state index is 0.107. The first-order valence-electron chi connectivity index (χ1n) is 6.79. The Kier molecular flexibility index (Phi) is 2.97. The fraction of sp³-hybridized carbons (Fsp3) is 0.235. The first kappa shape index (κ1) is 12.7. The molecule has 0 fully saturated rings. The minimum atomic E-state index is 0.107. The Morgan fingerprint density at radius 1 is 1.05 bits per heavy atom. The first-order chi connectivity index (χ1) is 9.56. The van der Waals surface area contributed by atoms with Crippen molar-refractivity contribution < 1.29 is 4.79 Å². The molecule has 2 N–H and O–H groups in total. The summed E-state index contributed by atoms with van der Waals surface area (Å²) >= 11 is 0. The summed E-state index contributed by atoms with van der Waals surface area (Å²) in [5.74, 6) is 0.107. The Morgan fingerprint density at radius 3 is 2.40 bits per heavy atom. The fourth-order valence-electron chi connectivity index (χ4n) is 2.87. The average molecular weight is 266 g/mol. The summed E-state index contributed by atoms with van der Waals surface area (Å²) in [4.78, 5) is 14.6. The van der Waals surface area contributed by atoms with Gasteiger partial charge in [0.1, 0.15) is 0 Å². The molecule has 0 spiro atoms. The van der Waals surface area contributed by atoms with Crippen LogP contribution in [0.2, 0.25) is 0 Å². The van der Waals surface area contributed by atoms with Crippen LogP contribution in [0.25, 0.3) is 0 Å². The lowest BCUT2D eigenvalue weighted by Crippen LogP contribution is -2.26. The first-order valence-corrected chi connectivity index (χ1v) is 6.79. The number of hydrogen-bond donors (Lipinski definition) is 1. The van der Waals surface area contributed by atoms with Gasteiger partial charge >= 0.3 is 0 Å². The van der Waals surface area contributed by atoms with Crippen molar-refractivity contribution in [2.24, 2.45) is 0 Å². The molecule has 1 aliphatic heterocycles. The van der Waals surface area contributed by atoms with Gasteiger partial charge in [-0.15, -0.1) is 0 Å². The van der Waals surface area contributed by atoms with E-state index in [9.17, 15) is 4.79 Å². The second-order valence-electron chi connectivity index (χ2n) is 5.46. The summed E-state index contributed by atoms with van der Waals surface area (Å²) < 4.78 is 0. The molecule has 0 bridgehead atoms. The predicted molar refractivity (Wildman–Crippen MR) is 80.3 cm³/mol. The third-order valence-electron chi connectivity index (χ3n) is 3.93. The largest absolute Gasteiger partial charge is 0.399 e. The second kappa shape index (κ2) is 4.67. The number of benzene rings is 2. The summed E-state index contributed by atoms with van der Waals surface area (Å²) in [6, 6.07) is 11.8. The van der Waals surface area contributed by atoms with Crippen LogP contribution in [0.3, 0.4) is 0 Å². The van der Waals surface area contributed by atoms with Gasteiger partial charge in [-0.3, -0.25) is 4.79 Å². The molecule has 3 nitrogen and oxygen atoms in total. The molecule has 0 aliphatic carbocycles. The number of hydrogen-bond acceptors (Lipinski definition) is 2. The van der Waals surface area contributed by atoms with Gasteiger partial charge < -0.3 is 10.6 Å². The molecule has 0 atom stereocenters. The van der Waals surface area contributed by atoms with Crippen molar-refractivity contribution in [3.05, 3.63) is 64.2 Å². The molecule has 2 aromatic rings. The zero-order valence-electron chi connectivity index (χ0n) is 11.8. The van der Waals surface area contributed by atoms with E-state index in [0.29, 0.717) is 13.1 Å². The molecule has 0 saturated heterocycles. The number of amides is 1. The fourth-order valence-corrected chi connectivity index (χ4v) is 2.87. The van der Waals surface area contributed by atoms with Crippen molar-refractivity contribution in [2.45, 2.75) is 26.9 Å². The van der Waals surface area contributed by atoms with E-state index in [2.05, 4.69) is 0 Å². The van der Waals surface area contributed by atoms with E-state index in [4.69, 9.17) is 5.73 Å². The Labute approximate surface area is 119 Å². The average Bonchev–Trinajstić information content (AvgIpc) is 2.81. The standard InChI is InChI=1S/C17H18N2O/c1-11-4-3-5-12(2)16(11)17(20)19-9-13-6-7-15(18)8-14(13)10-19/h3-8H,9-10,18H2,1-2H3. The van der Waals surface area contributed by atoms with Crippen LogP contribution in [0.15, 0.2) is 36.4 Å². The van der Waals surface area contributed by atoms with Gasteiger partial charge in [-0.25, -0.2) is 0 Å².